The first-order chi connectivity index (χ1) is 8.47. The number of hydrogen-bond donors (Lipinski definition) is 0. The van der Waals surface area contributed by atoms with Crippen molar-refractivity contribution in [1.82, 2.24) is 9.88 Å². The molecule has 3 rings (SSSR count). The molecular formula is C12H14N2O3S. The number of aromatic nitrogens is 1. The molecule has 0 unspecified atom stereocenters. The number of carbonyl (C=O) groups is 1. The molecule has 0 aliphatic carbocycles. The van der Waals surface area contributed by atoms with Crippen LogP contribution in [-0.2, 0) is 9.84 Å². The number of aryl methyl sites for hydroxylation is 1. The van der Waals surface area contributed by atoms with E-state index in [1.165, 1.54) is 0 Å². The molecule has 2 saturated heterocycles. The summed E-state index contributed by atoms with van der Waals surface area (Å²) in [7, 11) is -2.95. The lowest BCUT2D eigenvalue weighted by Gasteiger charge is -2.26. The number of pyridine rings is 1. The van der Waals surface area contributed by atoms with Gasteiger partial charge in [-0.3, -0.25) is 9.78 Å². The number of sulfone groups is 1. The maximum absolute atomic E-state index is 12.3. The van der Waals surface area contributed by atoms with E-state index in [-0.39, 0.29) is 23.0 Å². The molecule has 0 radical (unpaired) electrons. The van der Waals surface area contributed by atoms with Crippen molar-refractivity contribution in [3.63, 3.8) is 0 Å². The van der Waals surface area contributed by atoms with Crippen molar-refractivity contribution in [1.29, 1.82) is 0 Å². The Balaban J connectivity index is 1.82. The number of nitrogens with zero attached hydrogens (tertiary/aromatic N) is 2. The van der Waals surface area contributed by atoms with Crippen molar-refractivity contribution >= 4 is 15.7 Å². The molecule has 1 aromatic rings. The molecule has 0 N–H and O–H groups in total. The highest BCUT2D eigenvalue weighted by atomic mass is 32.2. The van der Waals surface area contributed by atoms with Gasteiger partial charge in [-0.2, -0.15) is 0 Å². The highest BCUT2D eigenvalue weighted by Crippen LogP contribution is 2.33. The van der Waals surface area contributed by atoms with E-state index in [0.717, 1.165) is 5.69 Å². The topological polar surface area (TPSA) is 67.3 Å². The van der Waals surface area contributed by atoms with Gasteiger partial charge in [0, 0.05) is 24.5 Å². The molecule has 3 heterocycles. The number of amides is 1. The Morgan fingerprint density at radius 3 is 2.72 bits per heavy atom. The molecule has 1 amide bonds. The minimum absolute atomic E-state index is 0.107. The van der Waals surface area contributed by atoms with Crippen molar-refractivity contribution in [2.75, 3.05) is 12.3 Å². The Kier molecular flexibility index (Phi) is 2.45. The van der Waals surface area contributed by atoms with Gasteiger partial charge in [-0.25, -0.2) is 8.42 Å². The van der Waals surface area contributed by atoms with Crippen LogP contribution in [0.2, 0.25) is 0 Å². The standard InChI is InChI=1S/C12H14N2O3S/c1-8-2-3-9(5-13-8)12(15)14-6-11-4-10(14)7-18(11,16)17/h2-3,5,10-11H,4,6-7H2,1H3/t10-,11+/m0/s1. The van der Waals surface area contributed by atoms with Crippen LogP contribution in [0, 0.1) is 6.92 Å². The van der Waals surface area contributed by atoms with Crippen LogP contribution in [0.25, 0.3) is 0 Å². The smallest absolute Gasteiger partial charge is 0.255 e. The Morgan fingerprint density at radius 2 is 2.22 bits per heavy atom. The molecule has 0 saturated carbocycles. The molecule has 18 heavy (non-hydrogen) atoms. The Morgan fingerprint density at radius 1 is 1.44 bits per heavy atom. The van der Waals surface area contributed by atoms with E-state index in [4.69, 9.17) is 0 Å². The maximum atomic E-state index is 12.3. The van der Waals surface area contributed by atoms with Crippen LogP contribution in [0.3, 0.4) is 0 Å². The van der Waals surface area contributed by atoms with Crippen LogP contribution in [0.1, 0.15) is 22.5 Å². The van der Waals surface area contributed by atoms with Crippen molar-refractivity contribution in [3.8, 4) is 0 Å². The van der Waals surface area contributed by atoms with Gasteiger partial charge >= 0.3 is 0 Å². The van der Waals surface area contributed by atoms with Crippen LogP contribution >= 0.6 is 0 Å². The lowest BCUT2D eigenvalue weighted by molar-refractivity contribution is 0.0745. The summed E-state index contributed by atoms with van der Waals surface area (Å²) in [6, 6.07) is 3.39. The first kappa shape index (κ1) is 11.6. The van der Waals surface area contributed by atoms with Gasteiger partial charge in [0.05, 0.1) is 16.6 Å². The average molecular weight is 266 g/mol. The molecule has 2 fully saturated rings. The van der Waals surface area contributed by atoms with Crippen LogP contribution in [0.15, 0.2) is 18.3 Å². The van der Waals surface area contributed by atoms with E-state index in [1.54, 1.807) is 23.2 Å². The second kappa shape index (κ2) is 3.78. The summed E-state index contributed by atoms with van der Waals surface area (Å²) in [6.07, 6.45) is 2.14. The van der Waals surface area contributed by atoms with Gasteiger partial charge in [-0.05, 0) is 25.5 Å². The predicted octanol–water partition coefficient (Wildman–Crippen LogP) is 0.402. The maximum Gasteiger partial charge on any atom is 0.255 e. The van der Waals surface area contributed by atoms with Crippen molar-refractivity contribution in [2.24, 2.45) is 0 Å². The van der Waals surface area contributed by atoms with Crippen LogP contribution in [0.4, 0.5) is 0 Å². The van der Waals surface area contributed by atoms with Crippen LogP contribution in [-0.4, -0.2) is 47.8 Å². The molecule has 6 heteroatoms. The Hall–Kier alpha value is -1.43. The van der Waals surface area contributed by atoms with E-state index in [1.807, 2.05) is 6.92 Å². The fraction of sp³-hybridized carbons (Fsp3) is 0.500. The van der Waals surface area contributed by atoms with Crippen LogP contribution in [0.5, 0.6) is 0 Å². The SMILES string of the molecule is Cc1ccc(C(=O)N2C[C@H]3C[C@H]2CS3(=O)=O)cn1. The molecule has 1 aromatic heterocycles. The zero-order chi connectivity index (χ0) is 12.9. The average Bonchev–Trinajstić information content (AvgIpc) is 2.84. The van der Waals surface area contributed by atoms with Gasteiger partial charge in [0.25, 0.3) is 5.91 Å². The predicted molar refractivity (Wildman–Crippen MR) is 66.0 cm³/mol. The van der Waals surface area contributed by atoms with E-state index >= 15 is 0 Å². The molecule has 2 atom stereocenters. The molecule has 2 bridgehead atoms. The Bertz CT molecular complexity index is 594. The number of carbonyl (C=O) groups excluding carboxylic acids is 1. The fourth-order valence-electron chi connectivity index (χ4n) is 2.70. The summed E-state index contributed by atoms with van der Waals surface area (Å²) in [5.41, 5.74) is 1.39. The number of fused-ring (bicyclic) bond motifs is 2. The summed E-state index contributed by atoms with van der Waals surface area (Å²) in [4.78, 5) is 18.0. The van der Waals surface area contributed by atoms with E-state index in [0.29, 0.717) is 18.5 Å². The summed E-state index contributed by atoms with van der Waals surface area (Å²) in [6.45, 7) is 2.19. The molecular weight excluding hydrogens is 252 g/mol. The first-order valence-corrected chi connectivity index (χ1v) is 7.64. The lowest BCUT2D eigenvalue weighted by atomic mass is 10.2. The number of hydrogen-bond acceptors (Lipinski definition) is 4. The molecule has 5 nitrogen and oxygen atoms in total. The van der Waals surface area contributed by atoms with Gasteiger partial charge in [-0.1, -0.05) is 0 Å². The van der Waals surface area contributed by atoms with Crippen LogP contribution < -0.4 is 0 Å². The third kappa shape index (κ3) is 1.71. The fourth-order valence-corrected chi connectivity index (χ4v) is 4.73. The third-order valence-electron chi connectivity index (χ3n) is 3.73. The first-order valence-electron chi connectivity index (χ1n) is 5.92. The minimum atomic E-state index is -2.95. The Labute approximate surface area is 106 Å². The minimum Gasteiger partial charge on any atom is -0.333 e. The molecule has 2 aliphatic rings. The quantitative estimate of drug-likeness (QED) is 0.738. The second-order valence-electron chi connectivity index (χ2n) is 4.99. The molecule has 0 aromatic carbocycles. The summed E-state index contributed by atoms with van der Waals surface area (Å²) < 4.78 is 23.2. The summed E-state index contributed by atoms with van der Waals surface area (Å²) >= 11 is 0. The van der Waals surface area contributed by atoms with Crippen molar-refractivity contribution in [3.05, 3.63) is 29.6 Å². The molecule has 2 aliphatic heterocycles. The second-order valence-corrected chi connectivity index (χ2v) is 7.31. The molecule has 0 spiro atoms. The van der Waals surface area contributed by atoms with Gasteiger partial charge in [-0.15, -0.1) is 0 Å². The van der Waals surface area contributed by atoms with Gasteiger partial charge in [0.15, 0.2) is 9.84 Å². The van der Waals surface area contributed by atoms with Crippen molar-refractivity contribution < 1.29 is 13.2 Å². The van der Waals surface area contributed by atoms with E-state index in [2.05, 4.69) is 4.98 Å². The van der Waals surface area contributed by atoms with E-state index < -0.39 is 9.84 Å². The zero-order valence-corrected chi connectivity index (χ0v) is 10.9. The van der Waals surface area contributed by atoms with E-state index in [9.17, 15) is 13.2 Å². The van der Waals surface area contributed by atoms with Gasteiger partial charge in [0.1, 0.15) is 0 Å². The number of rotatable bonds is 1. The third-order valence-corrected chi connectivity index (χ3v) is 5.93. The highest BCUT2D eigenvalue weighted by Gasteiger charge is 2.50. The van der Waals surface area contributed by atoms with Crippen molar-refractivity contribution in [2.45, 2.75) is 24.6 Å². The summed E-state index contributed by atoms with van der Waals surface area (Å²) in [5, 5.41) is -0.357. The molecule has 96 valence electrons. The highest BCUT2D eigenvalue weighted by molar-refractivity contribution is 7.92. The van der Waals surface area contributed by atoms with Gasteiger partial charge < -0.3 is 4.90 Å². The summed E-state index contributed by atoms with van der Waals surface area (Å²) in [5.74, 6) is 0.00721. The normalized spacial score (nSPS) is 28.6. The lowest BCUT2D eigenvalue weighted by Crippen LogP contribution is -2.44. The zero-order valence-electron chi connectivity index (χ0n) is 10.0. The largest absolute Gasteiger partial charge is 0.333 e. The monoisotopic (exact) mass is 266 g/mol. The van der Waals surface area contributed by atoms with Gasteiger partial charge in [0.2, 0.25) is 0 Å². The number of likely N-dealkylation sites (tertiary alicyclic amines) is 1.